The first-order valence-electron chi connectivity index (χ1n) is 11.4. The van der Waals surface area contributed by atoms with E-state index in [4.69, 9.17) is 9.97 Å². The fourth-order valence-corrected chi connectivity index (χ4v) is 5.72. The minimum Gasteiger partial charge on any atom is -0.465 e. The Bertz CT molecular complexity index is 1180. The zero-order chi connectivity index (χ0) is 22.9. The minimum atomic E-state index is -0.918. The highest BCUT2D eigenvalue weighted by Crippen LogP contribution is 2.33. The highest BCUT2D eigenvalue weighted by atomic mass is 32.1. The van der Waals surface area contributed by atoms with E-state index >= 15 is 0 Å². The van der Waals surface area contributed by atoms with Gasteiger partial charge in [0.2, 0.25) is 0 Å². The molecule has 2 saturated heterocycles. The minimum absolute atomic E-state index is 0.109. The Morgan fingerprint density at radius 2 is 1.97 bits per heavy atom. The highest BCUT2D eigenvalue weighted by Gasteiger charge is 2.28. The number of fused-ring (bicyclic) bond motifs is 1. The number of hydrogen-bond donors (Lipinski definition) is 3. The van der Waals surface area contributed by atoms with Crippen molar-refractivity contribution in [3.63, 3.8) is 0 Å². The van der Waals surface area contributed by atoms with Crippen molar-refractivity contribution in [2.24, 2.45) is 0 Å². The molecule has 0 aliphatic carbocycles. The lowest BCUT2D eigenvalue weighted by atomic mass is 9.96. The van der Waals surface area contributed by atoms with Gasteiger partial charge in [0.15, 0.2) is 0 Å². The SMILES string of the molecule is CN1CCC(c2nc(N[C@@H]3CCCN(C(=O)O)C3)c(-c3nc4ccccc4s3)c(=O)[nH]2)CC1. The average Bonchev–Trinajstić information content (AvgIpc) is 3.23. The zero-order valence-electron chi connectivity index (χ0n) is 18.6. The van der Waals surface area contributed by atoms with E-state index in [9.17, 15) is 14.7 Å². The second-order valence-corrected chi connectivity index (χ2v) is 9.98. The summed E-state index contributed by atoms with van der Waals surface area (Å²) in [6.07, 6.45) is 2.55. The molecule has 0 radical (unpaired) electrons. The molecule has 1 atom stereocenters. The van der Waals surface area contributed by atoms with Crippen molar-refractivity contribution in [1.82, 2.24) is 24.8 Å². The first kappa shape index (κ1) is 21.8. The van der Waals surface area contributed by atoms with Crippen LogP contribution in [-0.2, 0) is 0 Å². The van der Waals surface area contributed by atoms with Gasteiger partial charge >= 0.3 is 6.09 Å². The second kappa shape index (κ2) is 9.11. The molecule has 2 fully saturated rings. The van der Waals surface area contributed by atoms with E-state index in [-0.39, 0.29) is 17.5 Å². The van der Waals surface area contributed by atoms with Crippen LogP contribution in [-0.4, -0.2) is 75.2 Å². The van der Waals surface area contributed by atoms with E-state index in [1.807, 2.05) is 24.3 Å². The summed E-state index contributed by atoms with van der Waals surface area (Å²) in [6.45, 7) is 2.83. The van der Waals surface area contributed by atoms with Gasteiger partial charge in [0, 0.05) is 25.0 Å². The third-order valence-electron chi connectivity index (χ3n) is 6.58. The van der Waals surface area contributed by atoms with Gasteiger partial charge < -0.3 is 25.2 Å². The standard InChI is InChI=1S/C23H28N6O3S/c1-28-11-8-14(9-12-28)19-26-20(24-15-5-4-10-29(13-15)23(31)32)18(21(30)27-19)22-25-16-6-2-3-7-17(16)33-22/h2-3,6-7,14-15H,4-5,8-13H2,1H3,(H,31,32)(H2,24,26,27,30)/t15-/m1/s1. The fraction of sp³-hybridized carbons (Fsp3) is 0.478. The Hall–Kier alpha value is -2.98. The lowest BCUT2D eigenvalue weighted by Gasteiger charge is -2.32. The number of H-pyrrole nitrogens is 1. The van der Waals surface area contributed by atoms with Crippen LogP contribution in [0.25, 0.3) is 20.8 Å². The number of likely N-dealkylation sites (tertiary alicyclic amines) is 2. The third-order valence-corrected chi connectivity index (χ3v) is 7.64. The number of nitrogens with one attached hydrogen (secondary N) is 2. The molecule has 4 heterocycles. The molecule has 10 heteroatoms. The number of carboxylic acid groups (broad SMARTS) is 1. The zero-order valence-corrected chi connectivity index (χ0v) is 19.4. The largest absolute Gasteiger partial charge is 0.465 e. The summed E-state index contributed by atoms with van der Waals surface area (Å²) >= 11 is 1.47. The van der Waals surface area contributed by atoms with Crippen LogP contribution in [0.3, 0.4) is 0 Å². The number of aromatic nitrogens is 3. The Balaban J connectivity index is 1.54. The number of carbonyl (C=O) groups is 1. The predicted octanol–water partition coefficient (Wildman–Crippen LogP) is 3.41. The van der Waals surface area contributed by atoms with Gasteiger partial charge in [-0.25, -0.2) is 14.8 Å². The van der Waals surface area contributed by atoms with Gasteiger partial charge in [-0.05, 0) is 58.0 Å². The van der Waals surface area contributed by atoms with Gasteiger partial charge in [0.25, 0.3) is 5.56 Å². The van der Waals surface area contributed by atoms with E-state index in [1.165, 1.54) is 16.2 Å². The number of anilines is 1. The predicted molar refractivity (Wildman–Crippen MR) is 129 cm³/mol. The van der Waals surface area contributed by atoms with E-state index in [1.54, 1.807) is 0 Å². The molecule has 0 saturated carbocycles. The number of thiazole rings is 1. The Kier molecular flexibility index (Phi) is 6.03. The van der Waals surface area contributed by atoms with Crippen molar-refractivity contribution >= 4 is 33.5 Å². The van der Waals surface area contributed by atoms with E-state index in [0.29, 0.717) is 35.3 Å². The normalized spacial score (nSPS) is 20.3. The molecule has 174 valence electrons. The summed E-state index contributed by atoms with van der Waals surface area (Å²) in [4.78, 5) is 41.2. The van der Waals surface area contributed by atoms with Crippen LogP contribution in [0.4, 0.5) is 10.6 Å². The number of rotatable bonds is 4. The van der Waals surface area contributed by atoms with Gasteiger partial charge in [-0.1, -0.05) is 12.1 Å². The molecule has 0 bridgehead atoms. The van der Waals surface area contributed by atoms with Crippen molar-refractivity contribution in [1.29, 1.82) is 0 Å². The molecule has 33 heavy (non-hydrogen) atoms. The molecule has 0 spiro atoms. The van der Waals surface area contributed by atoms with E-state index < -0.39 is 6.09 Å². The number of nitrogens with zero attached hydrogens (tertiary/aromatic N) is 4. The second-order valence-electron chi connectivity index (χ2n) is 8.95. The summed E-state index contributed by atoms with van der Waals surface area (Å²) in [5.74, 6) is 1.40. The fourth-order valence-electron chi connectivity index (χ4n) is 4.71. The molecule has 2 aliphatic rings. The summed E-state index contributed by atoms with van der Waals surface area (Å²) in [6, 6.07) is 7.70. The van der Waals surface area contributed by atoms with Crippen LogP contribution >= 0.6 is 11.3 Å². The van der Waals surface area contributed by atoms with Gasteiger partial charge in [-0.15, -0.1) is 11.3 Å². The summed E-state index contributed by atoms with van der Waals surface area (Å²) in [5, 5.41) is 13.5. The van der Waals surface area contributed by atoms with Crippen molar-refractivity contribution in [3.05, 3.63) is 40.4 Å². The summed E-state index contributed by atoms with van der Waals surface area (Å²) < 4.78 is 1.01. The van der Waals surface area contributed by atoms with Crippen LogP contribution in [0.15, 0.2) is 29.1 Å². The van der Waals surface area contributed by atoms with Gasteiger partial charge in [0.05, 0.1) is 10.2 Å². The maximum Gasteiger partial charge on any atom is 0.407 e. The lowest BCUT2D eigenvalue weighted by molar-refractivity contribution is 0.133. The first-order chi connectivity index (χ1) is 16.0. The van der Waals surface area contributed by atoms with Crippen LogP contribution in [0, 0.1) is 0 Å². The maximum atomic E-state index is 13.4. The topological polar surface area (TPSA) is 114 Å². The molecule has 5 rings (SSSR count). The molecule has 2 aliphatic heterocycles. The highest BCUT2D eigenvalue weighted by molar-refractivity contribution is 7.21. The Morgan fingerprint density at radius 1 is 1.18 bits per heavy atom. The summed E-state index contributed by atoms with van der Waals surface area (Å²) in [5.41, 5.74) is 1.07. The third kappa shape index (κ3) is 4.58. The Morgan fingerprint density at radius 3 is 2.73 bits per heavy atom. The van der Waals surface area contributed by atoms with Crippen molar-refractivity contribution in [2.45, 2.75) is 37.6 Å². The maximum absolute atomic E-state index is 13.4. The molecule has 1 amide bonds. The molecule has 9 nitrogen and oxygen atoms in total. The number of piperidine rings is 2. The first-order valence-corrected chi connectivity index (χ1v) is 12.2. The van der Waals surface area contributed by atoms with Crippen LogP contribution in [0.1, 0.15) is 37.4 Å². The number of para-hydroxylation sites is 1. The van der Waals surface area contributed by atoms with E-state index in [0.717, 1.165) is 49.0 Å². The number of aromatic amines is 1. The van der Waals surface area contributed by atoms with Gasteiger partial charge in [0.1, 0.15) is 22.2 Å². The molecule has 3 aromatic rings. The molecular weight excluding hydrogens is 440 g/mol. The van der Waals surface area contributed by atoms with Crippen LogP contribution in [0.5, 0.6) is 0 Å². The molecule has 2 aromatic heterocycles. The number of amides is 1. The van der Waals surface area contributed by atoms with Crippen molar-refractivity contribution in [3.8, 4) is 10.6 Å². The summed E-state index contributed by atoms with van der Waals surface area (Å²) in [7, 11) is 2.10. The lowest BCUT2D eigenvalue weighted by Crippen LogP contribution is -2.45. The van der Waals surface area contributed by atoms with E-state index in [2.05, 4.69) is 22.2 Å². The molecular formula is C23H28N6O3S. The van der Waals surface area contributed by atoms with Crippen LogP contribution in [0.2, 0.25) is 0 Å². The van der Waals surface area contributed by atoms with Crippen molar-refractivity contribution in [2.75, 3.05) is 38.5 Å². The molecule has 1 aromatic carbocycles. The number of benzene rings is 1. The monoisotopic (exact) mass is 468 g/mol. The van der Waals surface area contributed by atoms with Gasteiger partial charge in [-0.3, -0.25) is 4.79 Å². The number of hydrogen-bond acceptors (Lipinski definition) is 7. The Labute approximate surface area is 195 Å². The molecule has 0 unspecified atom stereocenters. The van der Waals surface area contributed by atoms with Crippen LogP contribution < -0.4 is 10.9 Å². The molecule has 3 N–H and O–H groups in total. The quantitative estimate of drug-likeness (QED) is 0.538. The van der Waals surface area contributed by atoms with Gasteiger partial charge in [-0.2, -0.15) is 0 Å². The smallest absolute Gasteiger partial charge is 0.407 e. The average molecular weight is 469 g/mol. The van der Waals surface area contributed by atoms with Crippen molar-refractivity contribution < 1.29 is 9.90 Å².